The van der Waals surface area contributed by atoms with Gasteiger partial charge in [-0.15, -0.1) is 0 Å². The topological polar surface area (TPSA) is 120 Å². The molecule has 1 aromatic carbocycles. The molecule has 0 amide bonds. The van der Waals surface area contributed by atoms with Crippen molar-refractivity contribution in [1.29, 1.82) is 0 Å². The number of rotatable bonds is 7. The van der Waals surface area contributed by atoms with E-state index in [-0.39, 0.29) is 28.9 Å². The number of hydrogen-bond acceptors (Lipinski definition) is 8. The van der Waals surface area contributed by atoms with E-state index in [1.54, 1.807) is 36.7 Å². The molecule has 0 saturated carbocycles. The van der Waals surface area contributed by atoms with Crippen LogP contribution in [0.5, 0.6) is 5.88 Å². The third-order valence-electron chi connectivity index (χ3n) is 3.80. The lowest BCUT2D eigenvalue weighted by molar-refractivity contribution is 0.0592. The van der Waals surface area contributed by atoms with E-state index in [0.717, 1.165) is 17.3 Å². The molecule has 0 aliphatic heterocycles. The molecule has 0 spiro atoms. The number of benzene rings is 1. The first-order chi connectivity index (χ1) is 13.9. The molecule has 9 nitrogen and oxygen atoms in total. The van der Waals surface area contributed by atoms with Crippen LogP contribution in [0.3, 0.4) is 0 Å². The van der Waals surface area contributed by atoms with Gasteiger partial charge < -0.3 is 9.47 Å². The van der Waals surface area contributed by atoms with Crippen LogP contribution in [0.25, 0.3) is 0 Å². The maximum absolute atomic E-state index is 12.7. The number of carbonyl (C=O) groups is 1. The summed E-state index contributed by atoms with van der Waals surface area (Å²) in [4.78, 5) is 23.8. The number of carbonyl (C=O) groups excluding carboxylic acids is 1. The Morgan fingerprint density at radius 2 is 1.90 bits per heavy atom. The lowest BCUT2D eigenvalue weighted by Gasteiger charge is -2.13. The van der Waals surface area contributed by atoms with E-state index in [9.17, 15) is 13.2 Å². The van der Waals surface area contributed by atoms with Crippen LogP contribution in [-0.2, 0) is 21.4 Å². The molecule has 0 fully saturated rings. The molecular formula is C19H18N4O5S. The molecule has 0 bridgehead atoms. The van der Waals surface area contributed by atoms with E-state index in [1.807, 2.05) is 6.92 Å². The van der Waals surface area contributed by atoms with Crippen molar-refractivity contribution in [2.45, 2.75) is 18.4 Å². The predicted octanol–water partition coefficient (Wildman–Crippen LogP) is 2.35. The number of nitrogens with one attached hydrogen (secondary N) is 1. The fraction of sp³-hybridized carbons (Fsp3) is 0.158. The predicted molar refractivity (Wildman–Crippen MR) is 104 cm³/mol. The molecule has 2 heterocycles. The number of hydrogen-bond donors (Lipinski definition) is 1. The maximum Gasteiger partial charge on any atom is 0.358 e. The Hall–Kier alpha value is -3.53. The second-order valence-electron chi connectivity index (χ2n) is 5.97. The van der Waals surface area contributed by atoms with Crippen LogP contribution in [-0.4, -0.2) is 36.4 Å². The highest BCUT2D eigenvalue weighted by Crippen LogP contribution is 2.24. The smallest absolute Gasteiger partial charge is 0.358 e. The van der Waals surface area contributed by atoms with Crippen LogP contribution in [0.2, 0.25) is 0 Å². The van der Waals surface area contributed by atoms with Crippen molar-refractivity contribution in [3.8, 4) is 5.88 Å². The molecular weight excluding hydrogens is 396 g/mol. The first-order valence-corrected chi connectivity index (χ1v) is 9.94. The zero-order valence-corrected chi connectivity index (χ0v) is 16.5. The van der Waals surface area contributed by atoms with Gasteiger partial charge in [-0.2, -0.15) is 0 Å². The molecule has 3 aromatic rings. The Morgan fingerprint density at radius 3 is 2.55 bits per heavy atom. The van der Waals surface area contributed by atoms with Crippen LogP contribution in [0.15, 0.2) is 59.9 Å². The number of aryl methyl sites for hydroxylation is 1. The van der Waals surface area contributed by atoms with Crippen LogP contribution >= 0.6 is 0 Å². The van der Waals surface area contributed by atoms with Crippen molar-refractivity contribution >= 4 is 21.8 Å². The first kappa shape index (κ1) is 20.2. The lowest BCUT2D eigenvalue weighted by Crippen LogP contribution is -2.17. The minimum Gasteiger partial charge on any atom is -0.470 e. The largest absolute Gasteiger partial charge is 0.470 e. The summed E-state index contributed by atoms with van der Waals surface area (Å²) in [6.07, 6.45) is 4.31. The average molecular weight is 414 g/mol. The Balaban J connectivity index is 1.91. The molecule has 0 atom stereocenters. The van der Waals surface area contributed by atoms with Crippen LogP contribution < -0.4 is 9.46 Å². The Kier molecular flexibility index (Phi) is 6.03. The standard InChI is InChI=1S/C19H18N4O5S/c1-13-5-7-15(8-6-13)29(25,26)23-17-18(22-16(11-21-17)19(24)27-2)28-12-14-4-3-9-20-10-14/h3-11H,12H2,1-2H3,(H,21,23). The first-order valence-electron chi connectivity index (χ1n) is 8.45. The van der Waals surface area contributed by atoms with Gasteiger partial charge in [-0.1, -0.05) is 23.8 Å². The third-order valence-corrected chi connectivity index (χ3v) is 5.15. The number of aromatic nitrogens is 3. The molecule has 0 aliphatic carbocycles. The molecule has 150 valence electrons. The summed E-state index contributed by atoms with van der Waals surface area (Å²) in [7, 11) is -2.73. The quantitative estimate of drug-likeness (QED) is 0.585. The van der Waals surface area contributed by atoms with E-state index in [2.05, 4.69) is 24.4 Å². The highest BCUT2D eigenvalue weighted by atomic mass is 32.2. The average Bonchev–Trinajstić information content (AvgIpc) is 2.73. The number of pyridine rings is 1. The minimum atomic E-state index is -3.94. The van der Waals surface area contributed by atoms with E-state index in [0.29, 0.717) is 0 Å². The van der Waals surface area contributed by atoms with Crippen LogP contribution in [0.4, 0.5) is 5.82 Å². The van der Waals surface area contributed by atoms with Gasteiger partial charge in [0, 0.05) is 18.0 Å². The molecule has 0 radical (unpaired) electrons. The Morgan fingerprint density at radius 1 is 1.14 bits per heavy atom. The number of esters is 1. The van der Waals surface area contributed by atoms with Gasteiger partial charge in [0.15, 0.2) is 5.69 Å². The van der Waals surface area contributed by atoms with Crippen LogP contribution in [0.1, 0.15) is 21.6 Å². The summed E-state index contributed by atoms with van der Waals surface area (Å²) >= 11 is 0. The molecule has 3 rings (SSSR count). The fourth-order valence-corrected chi connectivity index (χ4v) is 3.29. The summed E-state index contributed by atoms with van der Waals surface area (Å²) in [6, 6.07) is 9.83. The van der Waals surface area contributed by atoms with Crippen LogP contribution in [0, 0.1) is 6.92 Å². The molecule has 29 heavy (non-hydrogen) atoms. The minimum absolute atomic E-state index is 0.0480. The van der Waals surface area contributed by atoms with Gasteiger partial charge >= 0.3 is 5.97 Å². The van der Waals surface area contributed by atoms with E-state index in [4.69, 9.17) is 4.74 Å². The molecule has 2 aromatic heterocycles. The van der Waals surface area contributed by atoms with Crippen molar-refractivity contribution in [3.63, 3.8) is 0 Å². The summed E-state index contributed by atoms with van der Waals surface area (Å²) < 4.78 is 37.9. The summed E-state index contributed by atoms with van der Waals surface area (Å²) in [5.74, 6) is -1.04. The number of methoxy groups -OCH3 is 1. The van der Waals surface area contributed by atoms with Gasteiger partial charge in [0.1, 0.15) is 6.61 Å². The monoisotopic (exact) mass is 414 g/mol. The lowest BCUT2D eigenvalue weighted by atomic mass is 10.2. The summed E-state index contributed by atoms with van der Waals surface area (Å²) in [6.45, 7) is 1.90. The molecule has 1 N–H and O–H groups in total. The molecule has 0 unspecified atom stereocenters. The van der Waals surface area contributed by atoms with Gasteiger partial charge in [-0.3, -0.25) is 9.71 Å². The molecule has 0 aliphatic rings. The third kappa shape index (κ3) is 5.05. The fourth-order valence-electron chi connectivity index (χ4n) is 2.28. The van der Waals surface area contributed by atoms with E-state index >= 15 is 0 Å². The SMILES string of the molecule is COC(=O)c1cnc(NS(=O)(=O)c2ccc(C)cc2)c(OCc2cccnc2)n1. The Bertz CT molecular complexity index is 1100. The maximum atomic E-state index is 12.7. The second kappa shape index (κ2) is 8.65. The van der Waals surface area contributed by atoms with Crippen molar-refractivity contribution in [3.05, 3.63) is 71.8 Å². The Labute approximate surface area is 167 Å². The molecule has 0 saturated heterocycles. The summed E-state index contributed by atoms with van der Waals surface area (Å²) in [5.41, 5.74) is 1.53. The second-order valence-corrected chi connectivity index (χ2v) is 7.65. The molecule has 10 heteroatoms. The highest BCUT2D eigenvalue weighted by Gasteiger charge is 2.21. The number of ether oxygens (including phenoxy) is 2. The summed E-state index contributed by atoms with van der Waals surface area (Å²) in [5, 5.41) is 0. The number of nitrogens with zero attached hydrogens (tertiary/aromatic N) is 3. The van der Waals surface area contributed by atoms with Gasteiger partial charge in [0.05, 0.1) is 18.2 Å². The number of anilines is 1. The van der Waals surface area contributed by atoms with Crippen molar-refractivity contribution in [1.82, 2.24) is 15.0 Å². The zero-order valence-electron chi connectivity index (χ0n) is 15.7. The zero-order chi connectivity index (χ0) is 20.9. The van der Waals surface area contributed by atoms with E-state index in [1.165, 1.54) is 19.2 Å². The van der Waals surface area contributed by atoms with Gasteiger partial charge in [-0.25, -0.2) is 23.2 Å². The highest BCUT2D eigenvalue weighted by molar-refractivity contribution is 7.92. The van der Waals surface area contributed by atoms with Crippen molar-refractivity contribution in [2.75, 3.05) is 11.8 Å². The van der Waals surface area contributed by atoms with E-state index < -0.39 is 16.0 Å². The normalized spacial score (nSPS) is 11.0. The number of sulfonamides is 1. The van der Waals surface area contributed by atoms with Gasteiger partial charge in [0.25, 0.3) is 15.9 Å². The van der Waals surface area contributed by atoms with Crippen molar-refractivity contribution < 1.29 is 22.7 Å². The van der Waals surface area contributed by atoms with Crippen molar-refractivity contribution in [2.24, 2.45) is 0 Å². The van der Waals surface area contributed by atoms with Gasteiger partial charge in [0.2, 0.25) is 5.82 Å². The van der Waals surface area contributed by atoms with Gasteiger partial charge in [-0.05, 0) is 25.1 Å².